The fourth-order valence-electron chi connectivity index (χ4n) is 1.53. The van der Waals surface area contributed by atoms with Crippen molar-refractivity contribution in [3.8, 4) is 0 Å². The Morgan fingerprint density at radius 3 is 2.47 bits per heavy atom. The van der Waals surface area contributed by atoms with Crippen LogP contribution >= 0.6 is 11.5 Å². The van der Waals surface area contributed by atoms with Crippen molar-refractivity contribution in [2.45, 2.75) is 47.1 Å². The zero-order chi connectivity index (χ0) is 11.5. The summed E-state index contributed by atoms with van der Waals surface area (Å²) in [5.41, 5.74) is 0.260. The lowest BCUT2D eigenvalue weighted by Gasteiger charge is -2.30. The predicted octanol–water partition coefficient (Wildman–Crippen LogP) is 2.41. The average Bonchev–Trinajstić information content (AvgIpc) is 2.49. The van der Waals surface area contributed by atoms with Crippen LogP contribution in [0.4, 0.5) is 0 Å². The summed E-state index contributed by atoms with van der Waals surface area (Å²) in [6, 6.07) is 0.467. The van der Waals surface area contributed by atoms with Crippen LogP contribution < -0.4 is 5.32 Å². The van der Waals surface area contributed by atoms with E-state index in [4.69, 9.17) is 0 Å². The highest BCUT2D eigenvalue weighted by molar-refractivity contribution is 7.05. The molecule has 1 N–H and O–H groups in total. The van der Waals surface area contributed by atoms with Crippen molar-refractivity contribution < 1.29 is 0 Å². The maximum Gasteiger partial charge on any atom is 0.139 e. The van der Waals surface area contributed by atoms with Gasteiger partial charge in [-0.1, -0.05) is 27.7 Å². The number of nitrogens with zero attached hydrogens (tertiary/aromatic N) is 2. The molecule has 1 heterocycles. The minimum Gasteiger partial charge on any atom is -0.313 e. The molecule has 0 radical (unpaired) electrons. The summed E-state index contributed by atoms with van der Waals surface area (Å²) < 4.78 is 4.21. The first-order chi connectivity index (χ1) is 6.93. The lowest BCUT2D eigenvalue weighted by atomic mass is 9.85. The van der Waals surface area contributed by atoms with E-state index in [0.29, 0.717) is 6.04 Å². The second-order valence-corrected chi connectivity index (χ2v) is 5.75. The normalized spacial score (nSPS) is 14.2. The molecule has 1 aromatic heterocycles. The van der Waals surface area contributed by atoms with E-state index in [0.717, 1.165) is 23.8 Å². The van der Waals surface area contributed by atoms with Crippen molar-refractivity contribution in [2.75, 3.05) is 6.54 Å². The second-order valence-electron chi connectivity index (χ2n) is 4.92. The Bertz CT molecular complexity index is 301. The molecule has 0 amide bonds. The van der Waals surface area contributed by atoms with E-state index >= 15 is 0 Å². The van der Waals surface area contributed by atoms with Crippen LogP contribution in [-0.2, 0) is 6.42 Å². The zero-order valence-corrected chi connectivity index (χ0v) is 11.1. The quantitative estimate of drug-likeness (QED) is 0.858. The summed E-state index contributed by atoms with van der Waals surface area (Å²) in [6.45, 7) is 11.9. The Hall–Kier alpha value is -0.480. The Morgan fingerprint density at radius 1 is 1.40 bits per heavy atom. The summed E-state index contributed by atoms with van der Waals surface area (Å²) in [4.78, 5) is 4.41. The molecule has 86 valence electrons. The van der Waals surface area contributed by atoms with Crippen molar-refractivity contribution in [3.63, 3.8) is 0 Å². The number of hydrogen-bond donors (Lipinski definition) is 1. The van der Waals surface area contributed by atoms with E-state index in [1.165, 1.54) is 11.5 Å². The van der Waals surface area contributed by atoms with Gasteiger partial charge < -0.3 is 5.32 Å². The van der Waals surface area contributed by atoms with Gasteiger partial charge in [-0.3, -0.25) is 0 Å². The molecule has 0 saturated carbocycles. The molecule has 0 bridgehead atoms. The van der Waals surface area contributed by atoms with Crippen LogP contribution in [0, 0.1) is 12.3 Å². The van der Waals surface area contributed by atoms with Crippen molar-refractivity contribution in [1.82, 2.24) is 14.7 Å². The Kier molecular flexibility index (Phi) is 4.22. The van der Waals surface area contributed by atoms with E-state index in [1.807, 2.05) is 6.92 Å². The molecule has 3 nitrogen and oxygen atoms in total. The van der Waals surface area contributed by atoms with Gasteiger partial charge in [-0.2, -0.15) is 4.37 Å². The number of likely N-dealkylation sites (N-methyl/N-ethyl adjacent to an activating group) is 1. The minimum absolute atomic E-state index is 0.260. The fraction of sp³-hybridized carbons (Fsp3) is 0.818. The molecule has 1 aromatic rings. The van der Waals surface area contributed by atoms with E-state index in [9.17, 15) is 0 Å². The van der Waals surface area contributed by atoms with E-state index in [2.05, 4.69) is 42.4 Å². The maximum absolute atomic E-state index is 4.41. The van der Waals surface area contributed by atoms with Crippen LogP contribution in [-0.4, -0.2) is 21.9 Å². The Balaban J connectivity index is 2.66. The molecule has 1 atom stereocenters. The van der Waals surface area contributed by atoms with Gasteiger partial charge in [0.05, 0.1) is 0 Å². The first kappa shape index (κ1) is 12.6. The van der Waals surface area contributed by atoms with Gasteiger partial charge in [0, 0.05) is 12.5 Å². The van der Waals surface area contributed by atoms with Crippen LogP contribution in [0.3, 0.4) is 0 Å². The minimum atomic E-state index is 0.260. The maximum atomic E-state index is 4.41. The zero-order valence-electron chi connectivity index (χ0n) is 10.3. The van der Waals surface area contributed by atoms with Crippen molar-refractivity contribution in [2.24, 2.45) is 5.41 Å². The lowest BCUT2D eigenvalue weighted by molar-refractivity contribution is 0.270. The molecule has 4 heteroatoms. The molecule has 1 unspecified atom stereocenters. The van der Waals surface area contributed by atoms with Crippen LogP contribution in [0.25, 0.3) is 0 Å². The third-order valence-electron chi connectivity index (χ3n) is 2.44. The smallest absolute Gasteiger partial charge is 0.139 e. The largest absolute Gasteiger partial charge is 0.313 e. The molecule has 0 saturated heterocycles. The van der Waals surface area contributed by atoms with Crippen molar-refractivity contribution in [1.29, 1.82) is 0 Å². The van der Waals surface area contributed by atoms with Crippen LogP contribution in [0.1, 0.15) is 38.5 Å². The molecule has 0 fully saturated rings. The number of hydrogen-bond acceptors (Lipinski definition) is 4. The van der Waals surface area contributed by atoms with Crippen molar-refractivity contribution in [3.05, 3.63) is 10.8 Å². The molecule has 0 spiro atoms. The van der Waals surface area contributed by atoms with E-state index in [1.54, 1.807) is 0 Å². The monoisotopic (exact) mass is 227 g/mol. The first-order valence-corrected chi connectivity index (χ1v) is 6.23. The van der Waals surface area contributed by atoms with Gasteiger partial charge in [-0.25, -0.2) is 4.98 Å². The van der Waals surface area contributed by atoms with E-state index < -0.39 is 0 Å². The predicted molar refractivity (Wildman–Crippen MR) is 65.3 cm³/mol. The standard InChI is InChI=1S/C11H21N3S/c1-6-12-9(11(3,4)5)7-10-13-8(2)14-15-10/h9,12H,6-7H2,1-5H3. The third-order valence-corrected chi connectivity index (χ3v) is 3.27. The molecule has 15 heavy (non-hydrogen) atoms. The summed E-state index contributed by atoms with van der Waals surface area (Å²) in [5.74, 6) is 0.888. The highest BCUT2D eigenvalue weighted by atomic mass is 32.1. The van der Waals surface area contributed by atoms with E-state index in [-0.39, 0.29) is 5.41 Å². The van der Waals surface area contributed by atoms with Gasteiger partial charge >= 0.3 is 0 Å². The van der Waals surface area contributed by atoms with Gasteiger partial charge in [0.15, 0.2) is 0 Å². The highest BCUT2D eigenvalue weighted by Gasteiger charge is 2.24. The summed E-state index contributed by atoms with van der Waals surface area (Å²) in [6.07, 6.45) is 0.975. The first-order valence-electron chi connectivity index (χ1n) is 5.46. The second kappa shape index (κ2) is 5.03. The highest BCUT2D eigenvalue weighted by Crippen LogP contribution is 2.23. The molecule has 0 aliphatic rings. The summed E-state index contributed by atoms with van der Waals surface area (Å²) in [7, 11) is 0. The summed E-state index contributed by atoms with van der Waals surface area (Å²) in [5, 5.41) is 4.65. The van der Waals surface area contributed by atoms with Crippen LogP contribution in [0.15, 0.2) is 0 Å². The number of aromatic nitrogens is 2. The van der Waals surface area contributed by atoms with Gasteiger partial charge in [0.25, 0.3) is 0 Å². The van der Waals surface area contributed by atoms with Crippen LogP contribution in [0.2, 0.25) is 0 Å². The topological polar surface area (TPSA) is 37.8 Å². The fourth-order valence-corrected chi connectivity index (χ4v) is 2.22. The van der Waals surface area contributed by atoms with Gasteiger partial charge in [0.2, 0.25) is 0 Å². The number of aryl methyl sites for hydroxylation is 1. The van der Waals surface area contributed by atoms with Gasteiger partial charge in [-0.05, 0) is 30.4 Å². The molecule has 0 aliphatic heterocycles. The molecule has 1 rings (SSSR count). The third kappa shape index (κ3) is 3.87. The number of rotatable bonds is 4. The molecule has 0 aromatic carbocycles. The SMILES string of the molecule is CCNC(Cc1nc(C)ns1)C(C)(C)C. The Labute approximate surface area is 96.5 Å². The van der Waals surface area contributed by atoms with Crippen LogP contribution in [0.5, 0.6) is 0 Å². The molecular weight excluding hydrogens is 206 g/mol. The van der Waals surface area contributed by atoms with Gasteiger partial charge in [-0.15, -0.1) is 0 Å². The van der Waals surface area contributed by atoms with Gasteiger partial charge in [0.1, 0.15) is 10.8 Å². The Morgan fingerprint density at radius 2 is 2.07 bits per heavy atom. The average molecular weight is 227 g/mol. The van der Waals surface area contributed by atoms with Crippen molar-refractivity contribution >= 4 is 11.5 Å². The lowest BCUT2D eigenvalue weighted by Crippen LogP contribution is -2.41. The summed E-state index contributed by atoms with van der Waals surface area (Å²) >= 11 is 1.52. The molecule has 0 aliphatic carbocycles. The number of nitrogens with one attached hydrogen (secondary N) is 1. The molecular formula is C11H21N3S.